The third-order valence-corrected chi connectivity index (χ3v) is 5.82. The van der Waals surface area contributed by atoms with Crippen molar-refractivity contribution in [1.29, 1.82) is 0 Å². The minimum absolute atomic E-state index is 0.0166. The molecule has 0 bridgehead atoms. The Labute approximate surface area is 182 Å². The van der Waals surface area contributed by atoms with E-state index >= 15 is 0 Å². The Morgan fingerprint density at radius 1 is 1.10 bits per heavy atom. The van der Waals surface area contributed by atoms with Crippen molar-refractivity contribution in [2.45, 2.75) is 18.6 Å². The van der Waals surface area contributed by atoms with Crippen LogP contribution in [-0.4, -0.2) is 27.9 Å². The van der Waals surface area contributed by atoms with Gasteiger partial charge in [-0.05, 0) is 42.0 Å². The Morgan fingerprint density at radius 3 is 2.65 bits per heavy atom. The first-order valence-corrected chi connectivity index (χ1v) is 10.5. The predicted octanol–water partition coefficient (Wildman–Crippen LogP) is 4.32. The van der Waals surface area contributed by atoms with Gasteiger partial charge < -0.3 is 10.6 Å². The molecule has 3 aromatic rings. The van der Waals surface area contributed by atoms with Gasteiger partial charge in [0.25, 0.3) is 0 Å². The van der Waals surface area contributed by atoms with Crippen molar-refractivity contribution in [2.24, 2.45) is 10.2 Å². The molecule has 0 aromatic heterocycles. The lowest BCUT2D eigenvalue weighted by atomic mass is 10.0. The second-order valence-corrected chi connectivity index (χ2v) is 8.16. The molecule has 1 aliphatic rings. The first kappa shape index (κ1) is 20.7. The number of benzene rings is 3. The number of anilines is 1. The highest BCUT2D eigenvalue weighted by atomic mass is 32.2. The van der Waals surface area contributed by atoms with Crippen molar-refractivity contribution in [2.75, 3.05) is 5.32 Å². The van der Waals surface area contributed by atoms with E-state index in [1.165, 1.54) is 24.3 Å². The average Bonchev–Trinajstić information content (AvgIpc) is 2.78. The molecular weight excluding hydrogens is 415 g/mol. The van der Waals surface area contributed by atoms with E-state index in [4.69, 9.17) is 0 Å². The second kappa shape index (κ2) is 9.09. The minimum atomic E-state index is -0.661. The largest absolute Gasteiger partial charge is 0.325 e. The molecule has 0 radical (unpaired) electrons. The maximum absolute atomic E-state index is 13.0. The van der Waals surface area contributed by atoms with Crippen molar-refractivity contribution in [3.8, 4) is 0 Å². The number of carbonyl (C=O) groups excluding carboxylic acids is 2. The number of nitrogens with zero attached hydrogens (tertiary/aromatic N) is 2. The summed E-state index contributed by atoms with van der Waals surface area (Å²) in [5.41, 5.74) is 2.10. The molecule has 2 amide bonds. The van der Waals surface area contributed by atoms with Crippen LogP contribution in [0.2, 0.25) is 0 Å². The van der Waals surface area contributed by atoms with E-state index < -0.39 is 11.1 Å². The van der Waals surface area contributed by atoms with E-state index in [1.54, 1.807) is 0 Å². The first-order valence-electron chi connectivity index (χ1n) is 9.63. The highest BCUT2D eigenvalue weighted by Crippen LogP contribution is 2.23. The normalized spacial score (nSPS) is 18.1. The summed E-state index contributed by atoms with van der Waals surface area (Å²) in [7, 11) is 0. The topological polar surface area (TPSA) is 82.9 Å². The summed E-state index contributed by atoms with van der Waals surface area (Å²) in [5, 5.41) is 15.6. The van der Waals surface area contributed by atoms with Crippen molar-refractivity contribution in [3.63, 3.8) is 0 Å². The zero-order valence-electron chi connectivity index (χ0n) is 16.6. The summed E-state index contributed by atoms with van der Waals surface area (Å²) >= 11 is 1.13. The number of nitrogens with one attached hydrogen (secondary N) is 2. The van der Waals surface area contributed by atoms with Gasteiger partial charge in [-0.25, -0.2) is 4.39 Å². The highest BCUT2D eigenvalue weighted by Gasteiger charge is 2.30. The SMILES string of the molecule is CC(=NN=C1NC(=O)C[C@H](C(=O)Nc2ccc(F)cc2)S1)c1cccc2ccccc12. The van der Waals surface area contributed by atoms with E-state index in [0.29, 0.717) is 11.4 Å². The van der Waals surface area contributed by atoms with Gasteiger partial charge in [-0.2, -0.15) is 5.10 Å². The Hall–Kier alpha value is -3.52. The van der Waals surface area contributed by atoms with Gasteiger partial charge in [0.15, 0.2) is 5.17 Å². The number of amides is 2. The van der Waals surface area contributed by atoms with Gasteiger partial charge in [-0.1, -0.05) is 54.2 Å². The van der Waals surface area contributed by atoms with Gasteiger partial charge in [-0.15, -0.1) is 5.10 Å². The van der Waals surface area contributed by atoms with E-state index in [1.807, 2.05) is 49.4 Å². The number of thioether (sulfide) groups is 1. The van der Waals surface area contributed by atoms with E-state index in [0.717, 1.165) is 28.1 Å². The summed E-state index contributed by atoms with van der Waals surface area (Å²) in [6, 6.07) is 19.4. The number of amidine groups is 1. The summed E-state index contributed by atoms with van der Waals surface area (Å²) in [6.45, 7) is 1.85. The second-order valence-electron chi connectivity index (χ2n) is 6.97. The molecule has 1 heterocycles. The van der Waals surface area contributed by atoms with Crippen LogP contribution in [0, 0.1) is 5.82 Å². The fourth-order valence-electron chi connectivity index (χ4n) is 3.21. The van der Waals surface area contributed by atoms with Crippen molar-refractivity contribution in [1.82, 2.24) is 5.32 Å². The van der Waals surface area contributed by atoms with Gasteiger partial charge in [0.1, 0.15) is 11.1 Å². The third-order valence-electron chi connectivity index (χ3n) is 4.75. The molecule has 31 heavy (non-hydrogen) atoms. The molecule has 6 nitrogen and oxygen atoms in total. The molecule has 0 spiro atoms. The summed E-state index contributed by atoms with van der Waals surface area (Å²) < 4.78 is 13.0. The fraction of sp³-hybridized carbons (Fsp3) is 0.130. The lowest BCUT2D eigenvalue weighted by Gasteiger charge is -2.21. The molecule has 2 N–H and O–H groups in total. The van der Waals surface area contributed by atoms with Crippen LogP contribution in [0.15, 0.2) is 76.9 Å². The van der Waals surface area contributed by atoms with Crippen molar-refractivity contribution >= 4 is 50.9 Å². The lowest BCUT2D eigenvalue weighted by molar-refractivity contribution is -0.123. The van der Waals surface area contributed by atoms with Gasteiger partial charge in [-0.3, -0.25) is 9.59 Å². The monoisotopic (exact) mass is 434 g/mol. The Morgan fingerprint density at radius 2 is 1.84 bits per heavy atom. The molecule has 1 fully saturated rings. The van der Waals surface area contributed by atoms with E-state index in [9.17, 15) is 14.0 Å². The molecule has 1 atom stereocenters. The molecule has 8 heteroatoms. The smallest absolute Gasteiger partial charge is 0.238 e. The zero-order chi connectivity index (χ0) is 21.8. The third kappa shape index (κ3) is 4.97. The molecular formula is C23H19FN4O2S. The van der Waals surface area contributed by atoms with Crippen LogP contribution in [0.5, 0.6) is 0 Å². The van der Waals surface area contributed by atoms with Gasteiger partial charge in [0, 0.05) is 17.7 Å². The number of fused-ring (bicyclic) bond motifs is 1. The molecule has 1 aliphatic heterocycles. The summed E-state index contributed by atoms with van der Waals surface area (Å²) in [4.78, 5) is 24.6. The molecule has 4 rings (SSSR count). The maximum Gasteiger partial charge on any atom is 0.238 e. The van der Waals surface area contributed by atoms with Crippen LogP contribution in [0.4, 0.5) is 10.1 Å². The van der Waals surface area contributed by atoms with E-state index in [-0.39, 0.29) is 23.4 Å². The van der Waals surface area contributed by atoms with Crippen LogP contribution in [0.3, 0.4) is 0 Å². The highest BCUT2D eigenvalue weighted by molar-refractivity contribution is 8.15. The van der Waals surface area contributed by atoms with Crippen LogP contribution in [-0.2, 0) is 9.59 Å². The average molecular weight is 434 g/mol. The first-order chi connectivity index (χ1) is 15.0. The predicted molar refractivity (Wildman–Crippen MR) is 123 cm³/mol. The molecule has 0 unspecified atom stereocenters. The van der Waals surface area contributed by atoms with E-state index in [2.05, 4.69) is 20.8 Å². The Kier molecular flexibility index (Phi) is 6.08. The summed E-state index contributed by atoms with van der Waals surface area (Å²) in [6.07, 6.45) is 0.0166. The fourth-order valence-corrected chi connectivity index (χ4v) is 4.14. The standard InChI is InChI=1S/C23H19FN4O2S/c1-14(18-8-4-6-15-5-2-3-7-19(15)18)27-28-23-26-21(29)13-20(31-23)22(30)25-17-11-9-16(24)10-12-17/h2-12,20H,13H2,1H3,(H,25,30)(H,26,28,29)/t20-/m1/s1. The number of hydrogen-bond acceptors (Lipinski definition) is 5. The molecule has 1 saturated heterocycles. The van der Waals surface area contributed by atoms with Gasteiger partial charge >= 0.3 is 0 Å². The Balaban J connectivity index is 1.51. The molecule has 0 aliphatic carbocycles. The lowest BCUT2D eigenvalue weighted by Crippen LogP contribution is -2.41. The number of carbonyl (C=O) groups is 2. The quantitative estimate of drug-likeness (QED) is 0.474. The van der Waals surface area contributed by atoms with Gasteiger partial charge in [0.2, 0.25) is 11.8 Å². The van der Waals surface area contributed by atoms with Crippen molar-refractivity contribution < 1.29 is 14.0 Å². The van der Waals surface area contributed by atoms with Crippen LogP contribution in [0.25, 0.3) is 10.8 Å². The zero-order valence-corrected chi connectivity index (χ0v) is 17.4. The van der Waals surface area contributed by atoms with Crippen LogP contribution < -0.4 is 10.6 Å². The van der Waals surface area contributed by atoms with Crippen molar-refractivity contribution in [3.05, 3.63) is 78.1 Å². The van der Waals surface area contributed by atoms with Gasteiger partial charge in [0.05, 0.1) is 5.71 Å². The molecule has 3 aromatic carbocycles. The molecule has 0 saturated carbocycles. The van der Waals surface area contributed by atoms with Crippen LogP contribution in [0.1, 0.15) is 18.9 Å². The minimum Gasteiger partial charge on any atom is -0.325 e. The number of rotatable bonds is 4. The number of hydrogen-bond donors (Lipinski definition) is 2. The van der Waals surface area contributed by atoms with Crippen LogP contribution >= 0.6 is 11.8 Å². The number of halogens is 1. The Bertz CT molecular complexity index is 1200. The molecule has 156 valence electrons. The maximum atomic E-state index is 13.0. The summed E-state index contributed by atoms with van der Waals surface area (Å²) in [5.74, 6) is -1.05.